The number of aldehydes is 1. The standard InChI is InChI=1S/C18H15NO3/c1-11-3-5-12(6-4-11)17-16(10-20)14-8-7-13(22-2)9-15(14)18(21)19-17/h3-10H,1-2H3,(H,19,21). The number of fused-ring (bicyclic) bond motifs is 1. The predicted octanol–water partition coefficient (Wildman–Crippen LogP) is 3.32. The molecule has 22 heavy (non-hydrogen) atoms. The normalized spacial score (nSPS) is 10.6. The predicted molar refractivity (Wildman–Crippen MR) is 86.7 cm³/mol. The van der Waals surface area contributed by atoms with Gasteiger partial charge in [-0.2, -0.15) is 0 Å². The minimum absolute atomic E-state index is 0.241. The van der Waals surface area contributed by atoms with E-state index in [2.05, 4.69) is 4.98 Å². The molecule has 3 rings (SSSR count). The molecule has 4 heteroatoms. The monoisotopic (exact) mass is 293 g/mol. The van der Waals surface area contributed by atoms with Gasteiger partial charge in [0.05, 0.1) is 18.2 Å². The van der Waals surface area contributed by atoms with Crippen LogP contribution in [-0.2, 0) is 0 Å². The summed E-state index contributed by atoms with van der Waals surface area (Å²) in [5.74, 6) is 0.581. The van der Waals surface area contributed by atoms with Gasteiger partial charge in [-0.1, -0.05) is 29.8 Å². The number of benzene rings is 2. The van der Waals surface area contributed by atoms with Crippen molar-refractivity contribution in [1.82, 2.24) is 4.98 Å². The van der Waals surface area contributed by atoms with Crippen molar-refractivity contribution in [2.45, 2.75) is 6.92 Å². The molecule has 2 aromatic carbocycles. The van der Waals surface area contributed by atoms with Crippen molar-refractivity contribution in [2.24, 2.45) is 0 Å². The van der Waals surface area contributed by atoms with Gasteiger partial charge in [-0.25, -0.2) is 0 Å². The van der Waals surface area contributed by atoms with Gasteiger partial charge in [-0.15, -0.1) is 0 Å². The Morgan fingerprint density at radius 3 is 2.41 bits per heavy atom. The number of ether oxygens (including phenoxy) is 1. The second kappa shape index (κ2) is 5.48. The summed E-state index contributed by atoms with van der Waals surface area (Å²) in [6.07, 6.45) is 0.778. The molecule has 1 heterocycles. The van der Waals surface area contributed by atoms with Crippen LogP contribution in [0.3, 0.4) is 0 Å². The van der Waals surface area contributed by atoms with E-state index >= 15 is 0 Å². The second-order valence-electron chi connectivity index (χ2n) is 5.14. The average molecular weight is 293 g/mol. The van der Waals surface area contributed by atoms with Gasteiger partial charge in [0, 0.05) is 10.9 Å². The molecule has 0 aliphatic rings. The van der Waals surface area contributed by atoms with Crippen molar-refractivity contribution < 1.29 is 9.53 Å². The Kier molecular flexibility index (Phi) is 3.51. The molecule has 110 valence electrons. The van der Waals surface area contributed by atoms with E-state index in [1.54, 1.807) is 18.2 Å². The Morgan fingerprint density at radius 1 is 1.05 bits per heavy atom. The topological polar surface area (TPSA) is 59.2 Å². The van der Waals surface area contributed by atoms with E-state index in [1.807, 2.05) is 31.2 Å². The van der Waals surface area contributed by atoms with Gasteiger partial charge in [-0.3, -0.25) is 9.59 Å². The average Bonchev–Trinajstić information content (AvgIpc) is 2.55. The first-order valence-electron chi connectivity index (χ1n) is 6.90. The van der Waals surface area contributed by atoms with Crippen LogP contribution >= 0.6 is 0 Å². The number of carbonyl (C=O) groups excluding carboxylic acids is 1. The first-order valence-corrected chi connectivity index (χ1v) is 6.90. The highest BCUT2D eigenvalue weighted by atomic mass is 16.5. The van der Waals surface area contributed by atoms with Crippen LogP contribution in [0.1, 0.15) is 15.9 Å². The Balaban J connectivity index is 2.34. The number of hydrogen-bond acceptors (Lipinski definition) is 3. The number of aromatic nitrogens is 1. The Hall–Kier alpha value is -2.88. The number of rotatable bonds is 3. The van der Waals surface area contributed by atoms with Crippen LogP contribution in [0.5, 0.6) is 5.75 Å². The molecule has 0 saturated carbocycles. The van der Waals surface area contributed by atoms with E-state index in [4.69, 9.17) is 4.74 Å². The zero-order valence-electron chi connectivity index (χ0n) is 12.3. The van der Waals surface area contributed by atoms with E-state index in [0.29, 0.717) is 27.8 Å². The van der Waals surface area contributed by atoms with E-state index in [1.165, 1.54) is 7.11 Å². The van der Waals surface area contributed by atoms with Gasteiger partial charge in [0.1, 0.15) is 5.75 Å². The molecule has 0 aliphatic carbocycles. The maximum atomic E-state index is 12.3. The number of H-pyrrole nitrogens is 1. The number of nitrogens with one attached hydrogen (secondary N) is 1. The molecule has 4 nitrogen and oxygen atoms in total. The van der Waals surface area contributed by atoms with Gasteiger partial charge in [-0.05, 0) is 30.7 Å². The van der Waals surface area contributed by atoms with E-state index in [9.17, 15) is 9.59 Å². The van der Waals surface area contributed by atoms with Crippen molar-refractivity contribution in [3.63, 3.8) is 0 Å². The Labute approximate surface area is 127 Å². The molecule has 0 radical (unpaired) electrons. The lowest BCUT2D eigenvalue weighted by atomic mass is 10.00. The molecule has 0 bridgehead atoms. The molecule has 0 atom stereocenters. The number of methoxy groups -OCH3 is 1. The lowest BCUT2D eigenvalue weighted by molar-refractivity contribution is 0.112. The molecule has 0 saturated heterocycles. The van der Waals surface area contributed by atoms with Crippen LogP contribution in [0.4, 0.5) is 0 Å². The summed E-state index contributed by atoms with van der Waals surface area (Å²) in [6, 6.07) is 12.8. The Bertz CT molecular complexity index is 908. The molecule has 0 amide bonds. The van der Waals surface area contributed by atoms with Crippen LogP contribution in [0.15, 0.2) is 47.3 Å². The summed E-state index contributed by atoms with van der Waals surface area (Å²) >= 11 is 0. The third-order valence-corrected chi connectivity index (χ3v) is 3.73. The molecular weight excluding hydrogens is 278 g/mol. The SMILES string of the molecule is COc1ccc2c(C=O)c(-c3ccc(C)cc3)[nH]c(=O)c2c1. The maximum absolute atomic E-state index is 12.3. The van der Waals surface area contributed by atoms with Crippen LogP contribution < -0.4 is 10.3 Å². The molecule has 0 fully saturated rings. The van der Waals surface area contributed by atoms with Crippen molar-refractivity contribution in [3.05, 3.63) is 63.9 Å². The lowest BCUT2D eigenvalue weighted by Crippen LogP contribution is -2.10. The molecule has 1 N–H and O–H groups in total. The molecule has 0 aliphatic heterocycles. The number of aryl methyl sites for hydroxylation is 1. The van der Waals surface area contributed by atoms with Gasteiger partial charge in [0.2, 0.25) is 0 Å². The van der Waals surface area contributed by atoms with Crippen LogP contribution in [0.25, 0.3) is 22.0 Å². The van der Waals surface area contributed by atoms with E-state index in [-0.39, 0.29) is 5.56 Å². The highest BCUT2D eigenvalue weighted by molar-refractivity contribution is 6.03. The molecule has 3 aromatic rings. The van der Waals surface area contributed by atoms with Crippen molar-refractivity contribution in [2.75, 3.05) is 7.11 Å². The first kappa shape index (κ1) is 14.1. The fraction of sp³-hybridized carbons (Fsp3) is 0.111. The zero-order chi connectivity index (χ0) is 15.7. The highest BCUT2D eigenvalue weighted by Crippen LogP contribution is 2.27. The van der Waals surface area contributed by atoms with Crippen LogP contribution in [0.2, 0.25) is 0 Å². The van der Waals surface area contributed by atoms with Gasteiger partial charge in [0.25, 0.3) is 5.56 Å². The summed E-state index contributed by atoms with van der Waals surface area (Å²) in [5, 5.41) is 1.06. The fourth-order valence-corrected chi connectivity index (χ4v) is 2.53. The number of pyridine rings is 1. The third-order valence-electron chi connectivity index (χ3n) is 3.73. The van der Waals surface area contributed by atoms with Crippen molar-refractivity contribution in [1.29, 1.82) is 0 Å². The van der Waals surface area contributed by atoms with Crippen molar-refractivity contribution in [3.8, 4) is 17.0 Å². The molecule has 1 aromatic heterocycles. The maximum Gasteiger partial charge on any atom is 0.256 e. The number of aromatic amines is 1. The van der Waals surface area contributed by atoms with Gasteiger partial charge >= 0.3 is 0 Å². The van der Waals surface area contributed by atoms with E-state index in [0.717, 1.165) is 17.4 Å². The summed E-state index contributed by atoms with van der Waals surface area (Å²) in [7, 11) is 1.54. The summed E-state index contributed by atoms with van der Waals surface area (Å²) < 4.78 is 5.14. The summed E-state index contributed by atoms with van der Waals surface area (Å²) in [4.78, 5) is 26.8. The zero-order valence-corrected chi connectivity index (χ0v) is 12.3. The van der Waals surface area contributed by atoms with Crippen LogP contribution in [0, 0.1) is 6.92 Å². The first-order chi connectivity index (χ1) is 10.6. The Morgan fingerprint density at radius 2 is 1.77 bits per heavy atom. The third kappa shape index (κ3) is 2.29. The quantitative estimate of drug-likeness (QED) is 0.754. The van der Waals surface area contributed by atoms with E-state index < -0.39 is 0 Å². The van der Waals surface area contributed by atoms with Gasteiger partial charge in [0.15, 0.2) is 6.29 Å². The minimum atomic E-state index is -0.241. The largest absolute Gasteiger partial charge is 0.497 e. The highest BCUT2D eigenvalue weighted by Gasteiger charge is 2.13. The molecule has 0 unspecified atom stereocenters. The molecular formula is C18H15NO3. The molecule has 0 spiro atoms. The van der Waals surface area contributed by atoms with Gasteiger partial charge < -0.3 is 9.72 Å². The lowest BCUT2D eigenvalue weighted by Gasteiger charge is -2.10. The smallest absolute Gasteiger partial charge is 0.256 e. The summed E-state index contributed by atoms with van der Waals surface area (Å²) in [6.45, 7) is 1.99. The minimum Gasteiger partial charge on any atom is -0.497 e. The summed E-state index contributed by atoms with van der Waals surface area (Å²) in [5.41, 5.74) is 2.70. The van der Waals surface area contributed by atoms with Crippen LogP contribution in [-0.4, -0.2) is 18.4 Å². The second-order valence-corrected chi connectivity index (χ2v) is 5.14. The number of carbonyl (C=O) groups is 1. The fourth-order valence-electron chi connectivity index (χ4n) is 2.53. The number of hydrogen-bond donors (Lipinski definition) is 1. The van der Waals surface area contributed by atoms with Crippen molar-refractivity contribution >= 4 is 17.1 Å².